The van der Waals surface area contributed by atoms with Crippen LogP contribution in [0.5, 0.6) is 11.5 Å². The van der Waals surface area contributed by atoms with Gasteiger partial charge in [-0.1, -0.05) is 30.3 Å². The van der Waals surface area contributed by atoms with Gasteiger partial charge in [-0.25, -0.2) is 0 Å². The summed E-state index contributed by atoms with van der Waals surface area (Å²) in [6, 6.07) is 18.0. The molecule has 6 rings (SSSR count). The molecule has 0 spiro atoms. The molecular formula is C28H29N3O4S. The van der Waals surface area contributed by atoms with E-state index in [0.717, 1.165) is 13.0 Å². The number of amides is 2. The molecule has 4 heterocycles. The van der Waals surface area contributed by atoms with Crippen LogP contribution < -0.4 is 9.47 Å². The number of hydrogen-bond acceptors (Lipinski definition) is 6. The van der Waals surface area contributed by atoms with Gasteiger partial charge in [-0.05, 0) is 54.1 Å². The number of carbonyl (C=O) groups excluding carboxylic acids is 2. The highest BCUT2D eigenvalue weighted by molar-refractivity contribution is 7.10. The molecule has 2 amide bonds. The SMILES string of the molecule is C[C@@H]1CN(C(=O)CN2CCc3sccc3[C@H]2c2ccccc2)CCN1C(=O)c1ccc2c(c1)OCO2. The van der Waals surface area contributed by atoms with Crippen LogP contribution in [0.2, 0.25) is 0 Å². The summed E-state index contributed by atoms with van der Waals surface area (Å²) in [5.41, 5.74) is 3.12. The van der Waals surface area contributed by atoms with Crippen LogP contribution in [0.4, 0.5) is 0 Å². The van der Waals surface area contributed by atoms with Gasteiger partial charge in [0.1, 0.15) is 0 Å². The van der Waals surface area contributed by atoms with Crippen LogP contribution in [-0.4, -0.2) is 72.1 Å². The van der Waals surface area contributed by atoms with Crippen molar-refractivity contribution in [3.63, 3.8) is 0 Å². The Morgan fingerprint density at radius 2 is 1.83 bits per heavy atom. The molecule has 0 unspecified atom stereocenters. The number of nitrogens with zero attached hydrogens (tertiary/aromatic N) is 3. The summed E-state index contributed by atoms with van der Waals surface area (Å²) >= 11 is 1.81. The summed E-state index contributed by atoms with van der Waals surface area (Å²) in [4.78, 5) is 34.2. The molecule has 0 aliphatic carbocycles. The Bertz CT molecular complexity index is 1280. The average Bonchev–Trinajstić information content (AvgIpc) is 3.57. The molecule has 3 aromatic rings. The Kier molecular flexibility index (Phi) is 6.15. The van der Waals surface area contributed by atoms with E-state index in [2.05, 4.69) is 40.6 Å². The monoisotopic (exact) mass is 503 g/mol. The molecule has 186 valence electrons. The molecule has 7 nitrogen and oxygen atoms in total. The second-order valence-electron chi connectivity index (χ2n) is 9.59. The summed E-state index contributed by atoms with van der Waals surface area (Å²) in [6.45, 7) is 5.00. The van der Waals surface area contributed by atoms with E-state index < -0.39 is 0 Å². The number of ether oxygens (including phenoxy) is 2. The molecule has 2 aromatic carbocycles. The predicted molar refractivity (Wildman–Crippen MR) is 138 cm³/mol. The van der Waals surface area contributed by atoms with Crippen LogP contribution in [0.1, 0.15) is 39.3 Å². The molecular weight excluding hydrogens is 474 g/mol. The molecule has 36 heavy (non-hydrogen) atoms. The van der Waals surface area contributed by atoms with E-state index in [4.69, 9.17) is 9.47 Å². The summed E-state index contributed by atoms with van der Waals surface area (Å²) in [5.74, 6) is 1.34. The lowest BCUT2D eigenvalue weighted by Gasteiger charge is -2.42. The van der Waals surface area contributed by atoms with E-state index in [1.165, 1.54) is 16.0 Å². The number of benzene rings is 2. The normalized spacial score (nSPS) is 21.4. The molecule has 2 atom stereocenters. The number of thiophene rings is 1. The van der Waals surface area contributed by atoms with Crippen molar-refractivity contribution in [3.05, 3.63) is 81.5 Å². The zero-order valence-electron chi connectivity index (χ0n) is 20.3. The number of carbonyl (C=O) groups is 2. The van der Waals surface area contributed by atoms with Crippen molar-refractivity contribution >= 4 is 23.2 Å². The van der Waals surface area contributed by atoms with E-state index in [1.54, 1.807) is 29.5 Å². The van der Waals surface area contributed by atoms with Gasteiger partial charge in [-0.3, -0.25) is 14.5 Å². The minimum Gasteiger partial charge on any atom is -0.454 e. The Hall–Kier alpha value is -3.36. The molecule has 8 heteroatoms. The van der Waals surface area contributed by atoms with E-state index in [9.17, 15) is 9.59 Å². The molecule has 0 N–H and O–H groups in total. The van der Waals surface area contributed by atoms with Crippen molar-refractivity contribution in [2.75, 3.05) is 39.5 Å². The third-order valence-electron chi connectivity index (χ3n) is 7.38. The van der Waals surface area contributed by atoms with E-state index in [1.807, 2.05) is 22.8 Å². The second kappa shape index (κ2) is 9.59. The third kappa shape index (κ3) is 4.24. The maximum atomic E-state index is 13.5. The Morgan fingerprint density at radius 3 is 2.67 bits per heavy atom. The smallest absolute Gasteiger partial charge is 0.254 e. The zero-order valence-corrected chi connectivity index (χ0v) is 21.1. The van der Waals surface area contributed by atoms with Gasteiger partial charge in [0.15, 0.2) is 11.5 Å². The van der Waals surface area contributed by atoms with Gasteiger partial charge in [-0.2, -0.15) is 0 Å². The fraction of sp³-hybridized carbons (Fsp3) is 0.357. The lowest BCUT2D eigenvalue weighted by Crippen LogP contribution is -2.57. The standard InChI is InChI=1S/C28H29N3O4S/c1-19-16-29(12-13-31(19)28(33)21-7-8-23-24(15-21)35-18-34-23)26(32)17-30-11-9-25-22(10-14-36-25)27(30)20-5-3-2-4-6-20/h2-8,10,14-15,19,27H,9,11-13,16-18H2,1H3/t19-,27-/m1/s1. The van der Waals surface area contributed by atoms with Crippen LogP contribution in [0.3, 0.4) is 0 Å². The minimum atomic E-state index is -0.0737. The summed E-state index contributed by atoms with van der Waals surface area (Å²) in [5, 5.41) is 2.16. The first-order chi connectivity index (χ1) is 17.6. The fourth-order valence-corrected chi connectivity index (χ4v) is 6.42. The third-order valence-corrected chi connectivity index (χ3v) is 8.38. The van der Waals surface area contributed by atoms with Gasteiger partial charge in [0.05, 0.1) is 12.6 Å². The van der Waals surface area contributed by atoms with Crippen molar-refractivity contribution in [2.45, 2.75) is 25.4 Å². The van der Waals surface area contributed by atoms with Crippen molar-refractivity contribution in [2.24, 2.45) is 0 Å². The molecule has 1 fully saturated rings. The highest BCUT2D eigenvalue weighted by Gasteiger charge is 2.35. The van der Waals surface area contributed by atoms with E-state index in [0.29, 0.717) is 43.2 Å². The first-order valence-corrected chi connectivity index (χ1v) is 13.3. The fourth-order valence-electron chi connectivity index (χ4n) is 5.52. The Labute approximate surface area is 214 Å². The summed E-state index contributed by atoms with van der Waals surface area (Å²) < 4.78 is 10.8. The zero-order chi connectivity index (χ0) is 24.6. The second-order valence-corrected chi connectivity index (χ2v) is 10.6. The van der Waals surface area contributed by atoms with E-state index in [-0.39, 0.29) is 30.7 Å². The van der Waals surface area contributed by atoms with Crippen LogP contribution >= 0.6 is 11.3 Å². The molecule has 1 aromatic heterocycles. The Balaban J connectivity index is 1.13. The van der Waals surface area contributed by atoms with Gasteiger partial charge >= 0.3 is 0 Å². The van der Waals surface area contributed by atoms with Crippen LogP contribution in [-0.2, 0) is 11.2 Å². The number of piperazine rings is 1. The molecule has 0 saturated carbocycles. The van der Waals surface area contributed by atoms with Crippen molar-refractivity contribution < 1.29 is 19.1 Å². The number of hydrogen-bond donors (Lipinski definition) is 0. The van der Waals surface area contributed by atoms with Gasteiger partial charge in [0.2, 0.25) is 12.7 Å². The molecule has 0 radical (unpaired) electrons. The van der Waals surface area contributed by atoms with Gasteiger partial charge < -0.3 is 19.3 Å². The highest BCUT2D eigenvalue weighted by Crippen LogP contribution is 2.38. The maximum absolute atomic E-state index is 13.5. The van der Waals surface area contributed by atoms with Gasteiger partial charge in [0, 0.05) is 42.7 Å². The van der Waals surface area contributed by atoms with Crippen LogP contribution in [0, 0.1) is 0 Å². The van der Waals surface area contributed by atoms with E-state index >= 15 is 0 Å². The minimum absolute atomic E-state index is 0.0435. The predicted octanol–water partition coefficient (Wildman–Crippen LogP) is 3.80. The number of fused-ring (bicyclic) bond motifs is 2. The summed E-state index contributed by atoms with van der Waals surface area (Å²) in [6.07, 6.45) is 0.970. The Morgan fingerprint density at radius 1 is 1.00 bits per heavy atom. The van der Waals surface area contributed by atoms with Crippen molar-refractivity contribution in [3.8, 4) is 11.5 Å². The van der Waals surface area contributed by atoms with Crippen molar-refractivity contribution in [1.82, 2.24) is 14.7 Å². The van der Waals surface area contributed by atoms with Crippen molar-refractivity contribution in [1.29, 1.82) is 0 Å². The molecule has 3 aliphatic heterocycles. The lowest BCUT2D eigenvalue weighted by molar-refractivity contribution is -0.135. The largest absolute Gasteiger partial charge is 0.454 e. The molecule has 3 aliphatic rings. The molecule has 0 bridgehead atoms. The van der Waals surface area contributed by atoms with Crippen LogP contribution in [0.25, 0.3) is 0 Å². The maximum Gasteiger partial charge on any atom is 0.254 e. The topological polar surface area (TPSA) is 62.3 Å². The van der Waals surface area contributed by atoms with Gasteiger partial charge in [-0.15, -0.1) is 11.3 Å². The van der Waals surface area contributed by atoms with Crippen LogP contribution in [0.15, 0.2) is 60.0 Å². The average molecular weight is 504 g/mol. The first kappa shape index (κ1) is 23.1. The quantitative estimate of drug-likeness (QED) is 0.542. The highest BCUT2D eigenvalue weighted by atomic mass is 32.1. The first-order valence-electron chi connectivity index (χ1n) is 12.4. The molecule has 1 saturated heterocycles. The lowest BCUT2D eigenvalue weighted by atomic mass is 9.93. The number of rotatable bonds is 4. The summed E-state index contributed by atoms with van der Waals surface area (Å²) in [7, 11) is 0. The van der Waals surface area contributed by atoms with Gasteiger partial charge in [0.25, 0.3) is 5.91 Å².